The molecule has 1 saturated carbocycles. The van der Waals surface area contributed by atoms with Crippen LogP contribution in [0.2, 0.25) is 0 Å². The Kier molecular flexibility index (Phi) is 9.46. The number of hydrogen-bond acceptors (Lipinski definition) is 5. The van der Waals surface area contributed by atoms with Crippen LogP contribution in [0.15, 0.2) is 23.2 Å². The molecule has 0 radical (unpaired) electrons. The lowest BCUT2D eigenvalue weighted by molar-refractivity contribution is -0.122. The zero-order valence-electron chi connectivity index (χ0n) is 19.9. The van der Waals surface area contributed by atoms with Crippen molar-refractivity contribution >= 4 is 11.9 Å². The van der Waals surface area contributed by atoms with Crippen molar-refractivity contribution in [2.24, 2.45) is 4.99 Å². The second-order valence-corrected chi connectivity index (χ2v) is 8.36. The van der Waals surface area contributed by atoms with Crippen LogP contribution in [0.4, 0.5) is 0 Å². The first kappa shape index (κ1) is 24.2. The van der Waals surface area contributed by atoms with Crippen molar-refractivity contribution in [3.63, 3.8) is 0 Å². The molecule has 0 spiro atoms. The molecule has 0 aromatic heterocycles. The normalized spacial score (nSPS) is 17.2. The Morgan fingerprint density at radius 1 is 1.16 bits per heavy atom. The molecule has 1 heterocycles. The van der Waals surface area contributed by atoms with E-state index in [9.17, 15) is 4.79 Å². The van der Waals surface area contributed by atoms with Crippen LogP contribution >= 0.6 is 0 Å². The third kappa shape index (κ3) is 7.58. The predicted octanol–water partition coefficient (Wildman–Crippen LogP) is 1.89. The van der Waals surface area contributed by atoms with Gasteiger partial charge in [0.2, 0.25) is 5.91 Å². The van der Waals surface area contributed by atoms with Crippen LogP contribution in [0.1, 0.15) is 38.7 Å². The molecule has 0 atom stereocenters. The molecule has 1 saturated heterocycles. The summed E-state index contributed by atoms with van der Waals surface area (Å²) in [7, 11) is 1.66. The quantitative estimate of drug-likeness (QED) is 0.308. The Labute approximate surface area is 192 Å². The van der Waals surface area contributed by atoms with E-state index < -0.39 is 0 Å². The second-order valence-electron chi connectivity index (χ2n) is 8.36. The van der Waals surface area contributed by atoms with Gasteiger partial charge < -0.3 is 25.0 Å². The molecule has 2 N–H and O–H groups in total. The van der Waals surface area contributed by atoms with Crippen molar-refractivity contribution in [3.8, 4) is 11.5 Å². The lowest BCUT2D eigenvalue weighted by atomic mass is 10.1. The average molecular weight is 446 g/mol. The largest absolute Gasteiger partial charge is 0.493 e. The number of nitrogens with zero attached hydrogens (tertiary/aromatic N) is 3. The maximum absolute atomic E-state index is 12.0. The van der Waals surface area contributed by atoms with Crippen molar-refractivity contribution in [1.82, 2.24) is 20.4 Å². The third-order valence-corrected chi connectivity index (χ3v) is 5.73. The van der Waals surface area contributed by atoms with E-state index in [-0.39, 0.29) is 5.91 Å². The number of rotatable bonds is 11. The Balaban J connectivity index is 1.44. The van der Waals surface area contributed by atoms with Crippen LogP contribution in [0, 0.1) is 0 Å². The molecule has 1 aromatic carbocycles. The lowest BCUT2D eigenvalue weighted by Gasteiger charge is -2.36. The number of nitrogens with one attached hydrogen (secondary N) is 2. The second kappa shape index (κ2) is 12.5. The molecule has 1 aromatic rings. The van der Waals surface area contributed by atoms with Gasteiger partial charge in [0.05, 0.1) is 20.3 Å². The molecule has 1 aliphatic heterocycles. The van der Waals surface area contributed by atoms with E-state index in [1.54, 1.807) is 7.11 Å². The monoisotopic (exact) mass is 445 g/mol. The van der Waals surface area contributed by atoms with Crippen LogP contribution in [-0.4, -0.2) is 87.2 Å². The number of carbonyl (C=O) groups is 1. The highest BCUT2D eigenvalue weighted by molar-refractivity contribution is 5.80. The first-order chi connectivity index (χ1) is 15.6. The number of benzene rings is 1. The van der Waals surface area contributed by atoms with Gasteiger partial charge in [-0.25, -0.2) is 0 Å². The topological polar surface area (TPSA) is 78.4 Å². The number of aliphatic imine (C=N–C) groups is 1. The Morgan fingerprint density at radius 3 is 2.59 bits per heavy atom. The van der Waals surface area contributed by atoms with Crippen molar-refractivity contribution in [1.29, 1.82) is 0 Å². The van der Waals surface area contributed by atoms with Gasteiger partial charge in [0.25, 0.3) is 0 Å². The highest BCUT2D eigenvalue weighted by atomic mass is 16.5. The van der Waals surface area contributed by atoms with Crippen molar-refractivity contribution in [2.45, 2.75) is 45.6 Å². The zero-order chi connectivity index (χ0) is 22.8. The molecular weight excluding hydrogens is 406 g/mol. The molecule has 8 nitrogen and oxygen atoms in total. The summed E-state index contributed by atoms with van der Waals surface area (Å²) in [4.78, 5) is 21.4. The van der Waals surface area contributed by atoms with Crippen molar-refractivity contribution in [2.75, 3.05) is 59.5 Å². The summed E-state index contributed by atoms with van der Waals surface area (Å²) in [6.45, 7) is 10.4. The van der Waals surface area contributed by atoms with Crippen LogP contribution < -0.4 is 20.1 Å². The van der Waals surface area contributed by atoms with E-state index in [1.165, 1.54) is 5.56 Å². The first-order valence-electron chi connectivity index (χ1n) is 12.0. The van der Waals surface area contributed by atoms with Gasteiger partial charge in [-0.15, -0.1) is 0 Å². The Hall–Kier alpha value is -2.48. The predicted molar refractivity (Wildman–Crippen MR) is 128 cm³/mol. The lowest BCUT2D eigenvalue weighted by Crippen LogP contribution is -2.54. The molecule has 2 fully saturated rings. The van der Waals surface area contributed by atoms with Crippen LogP contribution in [0.5, 0.6) is 11.5 Å². The fraction of sp³-hybridized carbons (Fsp3) is 0.667. The first-order valence-corrected chi connectivity index (χ1v) is 12.0. The minimum Gasteiger partial charge on any atom is -0.493 e. The molecule has 32 heavy (non-hydrogen) atoms. The summed E-state index contributed by atoms with van der Waals surface area (Å²) >= 11 is 0. The van der Waals surface area contributed by atoms with Crippen LogP contribution in [-0.2, 0) is 11.2 Å². The fourth-order valence-corrected chi connectivity index (χ4v) is 3.86. The third-order valence-electron chi connectivity index (χ3n) is 5.73. The summed E-state index contributed by atoms with van der Waals surface area (Å²) in [5.74, 6) is 2.70. The fourth-order valence-electron chi connectivity index (χ4n) is 3.86. The van der Waals surface area contributed by atoms with Gasteiger partial charge in [0, 0.05) is 45.3 Å². The molecule has 3 rings (SSSR count). The number of aryl methyl sites for hydroxylation is 1. The van der Waals surface area contributed by atoms with E-state index in [0.717, 1.165) is 82.4 Å². The number of piperazine rings is 1. The van der Waals surface area contributed by atoms with Gasteiger partial charge in [-0.3, -0.25) is 14.7 Å². The van der Waals surface area contributed by atoms with Crippen LogP contribution in [0.3, 0.4) is 0 Å². The van der Waals surface area contributed by atoms with Gasteiger partial charge in [-0.05, 0) is 57.2 Å². The van der Waals surface area contributed by atoms with Crippen LogP contribution in [0.25, 0.3) is 0 Å². The van der Waals surface area contributed by atoms with E-state index in [1.807, 2.05) is 13.0 Å². The molecule has 1 aliphatic carbocycles. The van der Waals surface area contributed by atoms with E-state index in [4.69, 9.17) is 14.5 Å². The number of hydrogen-bond donors (Lipinski definition) is 2. The van der Waals surface area contributed by atoms with Gasteiger partial charge >= 0.3 is 0 Å². The molecule has 178 valence electrons. The molecule has 0 bridgehead atoms. The van der Waals surface area contributed by atoms with Crippen molar-refractivity contribution < 1.29 is 14.3 Å². The number of amides is 1. The average Bonchev–Trinajstić information content (AvgIpc) is 3.61. The Morgan fingerprint density at radius 2 is 1.94 bits per heavy atom. The summed E-state index contributed by atoms with van der Waals surface area (Å²) in [5.41, 5.74) is 1.23. The number of ether oxygens (including phenoxy) is 2. The molecular formula is C24H39N5O3. The summed E-state index contributed by atoms with van der Waals surface area (Å²) in [6, 6.07) is 6.56. The van der Waals surface area contributed by atoms with Gasteiger partial charge in [0.1, 0.15) is 0 Å². The maximum atomic E-state index is 12.0. The Bertz CT molecular complexity index is 758. The minimum absolute atomic E-state index is 0.160. The highest BCUT2D eigenvalue weighted by Gasteiger charge is 2.25. The summed E-state index contributed by atoms with van der Waals surface area (Å²) < 4.78 is 11.0. The van der Waals surface area contributed by atoms with E-state index in [2.05, 4.69) is 39.5 Å². The zero-order valence-corrected chi connectivity index (χ0v) is 19.9. The van der Waals surface area contributed by atoms with E-state index in [0.29, 0.717) is 19.2 Å². The number of guanidine groups is 1. The van der Waals surface area contributed by atoms with Crippen molar-refractivity contribution in [3.05, 3.63) is 23.8 Å². The molecule has 1 amide bonds. The number of methoxy groups -OCH3 is 1. The summed E-state index contributed by atoms with van der Waals surface area (Å²) in [5, 5.41) is 6.50. The highest BCUT2D eigenvalue weighted by Crippen LogP contribution is 2.28. The molecule has 2 aliphatic rings. The van der Waals surface area contributed by atoms with E-state index >= 15 is 0 Å². The van der Waals surface area contributed by atoms with Gasteiger partial charge in [-0.2, -0.15) is 0 Å². The van der Waals surface area contributed by atoms with Gasteiger partial charge in [0.15, 0.2) is 17.5 Å². The van der Waals surface area contributed by atoms with Gasteiger partial charge in [-0.1, -0.05) is 6.07 Å². The molecule has 8 heteroatoms. The summed E-state index contributed by atoms with van der Waals surface area (Å²) in [6.07, 6.45) is 4.17. The SMILES string of the molecule is CCNC(=NCCCc1ccc(OC)c(OCC)c1)N1CCN(CC(=O)NC2CC2)CC1. The molecule has 0 unspecified atom stereocenters. The minimum atomic E-state index is 0.160. The smallest absolute Gasteiger partial charge is 0.234 e. The maximum Gasteiger partial charge on any atom is 0.234 e. The number of carbonyl (C=O) groups excluding carboxylic acids is 1. The standard InChI is InChI=1S/C24H39N5O3/c1-4-25-24(29-15-13-28(14-16-29)18-23(30)27-20-9-10-20)26-12-6-7-19-8-11-21(31-3)22(17-19)32-5-2/h8,11,17,20H,4-7,9-10,12-16,18H2,1-3H3,(H,25,26)(H,27,30).